The molecule has 2 aliphatic rings. The van der Waals surface area contributed by atoms with E-state index in [1.54, 1.807) is 17.9 Å². The van der Waals surface area contributed by atoms with Crippen LogP contribution in [0, 0.1) is 17.5 Å². The summed E-state index contributed by atoms with van der Waals surface area (Å²) < 4.78 is 43.9. The number of hydrogen-bond acceptors (Lipinski definition) is 5. The Morgan fingerprint density at radius 2 is 1.91 bits per heavy atom. The summed E-state index contributed by atoms with van der Waals surface area (Å²) in [4.78, 5) is 40.0. The van der Waals surface area contributed by atoms with E-state index in [4.69, 9.17) is 0 Å². The summed E-state index contributed by atoms with van der Waals surface area (Å²) in [5.74, 6) is -5.96. The lowest BCUT2D eigenvalue weighted by atomic mass is 10.1. The van der Waals surface area contributed by atoms with Crippen molar-refractivity contribution in [1.82, 2.24) is 24.6 Å². The number of nitrogens with zero attached hydrogens (tertiary/aromatic N) is 4. The minimum absolute atomic E-state index is 0.233. The van der Waals surface area contributed by atoms with Crippen molar-refractivity contribution in [2.75, 3.05) is 6.54 Å². The molecule has 3 aromatic rings. The Morgan fingerprint density at radius 3 is 2.62 bits per heavy atom. The van der Waals surface area contributed by atoms with Crippen LogP contribution in [-0.4, -0.2) is 42.7 Å². The molecule has 0 radical (unpaired) electrons. The maximum atomic E-state index is 13.9. The van der Waals surface area contributed by atoms with E-state index < -0.39 is 64.2 Å². The normalized spacial score (nSPS) is 16.6. The molecule has 0 fully saturated rings. The fraction of sp³-hybridized carbons (Fsp3) is 0.273. The highest BCUT2D eigenvalue weighted by Gasteiger charge is 2.38. The van der Waals surface area contributed by atoms with Gasteiger partial charge in [-0.05, 0) is 0 Å². The molecule has 0 unspecified atom stereocenters. The summed E-state index contributed by atoms with van der Waals surface area (Å²) in [5.41, 5.74) is -0.821. The number of aromatic hydroxyl groups is 1. The Bertz CT molecular complexity index is 1410. The third-order valence-corrected chi connectivity index (χ3v) is 6.08. The van der Waals surface area contributed by atoms with E-state index in [1.165, 1.54) is 9.47 Å². The van der Waals surface area contributed by atoms with Gasteiger partial charge in [-0.1, -0.05) is 0 Å². The molecule has 176 valence electrons. The van der Waals surface area contributed by atoms with Crippen molar-refractivity contribution in [2.45, 2.75) is 25.6 Å². The highest BCUT2D eigenvalue weighted by molar-refractivity contribution is 5.99. The Kier molecular flexibility index (Phi) is 4.95. The first-order chi connectivity index (χ1) is 16.1. The summed E-state index contributed by atoms with van der Waals surface area (Å²) in [7, 11) is 1.76. The largest absolute Gasteiger partial charge is 0.503 e. The molecule has 2 N–H and O–H groups in total. The molecule has 0 aliphatic carbocycles. The molecule has 9 nitrogen and oxygen atoms in total. The van der Waals surface area contributed by atoms with Gasteiger partial charge in [0.25, 0.3) is 11.8 Å². The highest BCUT2D eigenvalue weighted by atomic mass is 19.1. The molecular weight excluding hydrogens is 455 g/mol. The van der Waals surface area contributed by atoms with Gasteiger partial charge < -0.3 is 19.9 Å². The maximum Gasteiger partial charge on any atom is 0.274 e. The second kappa shape index (κ2) is 7.75. The summed E-state index contributed by atoms with van der Waals surface area (Å²) in [5, 5.41) is 17.2. The average Bonchev–Trinajstić information content (AvgIpc) is 3.02. The second-order valence-electron chi connectivity index (χ2n) is 8.33. The van der Waals surface area contributed by atoms with Gasteiger partial charge in [-0.25, -0.2) is 13.2 Å². The number of benzene rings is 1. The third-order valence-electron chi connectivity index (χ3n) is 6.08. The molecule has 2 aromatic heterocycles. The second-order valence-corrected chi connectivity index (χ2v) is 8.33. The molecule has 12 heteroatoms. The van der Waals surface area contributed by atoms with Crippen molar-refractivity contribution in [1.29, 1.82) is 0 Å². The van der Waals surface area contributed by atoms with Crippen LogP contribution in [0.3, 0.4) is 0 Å². The summed E-state index contributed by atoms with van der Waals surface area (Å²) in [6.07, 6.45) is 3.35. The Balaban J connectivity index is 1.50. The minimum Gasteiger partial charge on any atom is -0.503 e. The van der Waals surface area contributed by atoms with Crippen molar-refractivity contribution in [3.8, 4) is 5.75 Å². The molecular formula is C22H18F3N5O4. The molecule has 0 spiro atoms. The predicted molar refractivity (Wildman–Crippen MR) is 111 cm³/mol. The van der Waals surface area contributed by atoms with E-state index in [9.17, 15) is 32.7 Å². The van der Waals surface area contributed by atoms with E-state index in [0.717, 1.165) is 17.5 Å². The molecule has 5 rings (SSSR count). The van der Waals surface area contributed by atoms with E-state index in [1.807, 2.05) is 0 Å². The zero-order chi connectivity index (χ0) is 24.3. The Labute approximate surface area is 190 Å². The van der Waals surface area contributed by atoms with Gasteiger partial charge in [0.05, 0.1) is 11.7 Å². The van der Waals surface area contributed by atoms with Gasteiger partial charge in [0.2, 0.25) is 5.43 Å². The van der Waals surface area contributed by atoms with E-state index in [2.05, 4.69) is 10.4 Å². The lowest BCUT2D eigenvalue weighted by Crippen LogP contribution is -2.44. The van der Waals surface area contributed by atoms with Crippen LogP contribution in [0.5, 0.6) is 5.75 Å². The van der Waals surface area contributed by atoms with Gasteiger partial charge in [0.1, 0.15) is 23.0 Å². The fourth-order valence-corrected chi connectivity index (χ4v) is 4.48. The quantitative estimate of drug-likeness (QED) is 0.598. The summed E-state index contributed by atoms with van der Waals surface area (Å²) in [6.45, 7) is -0.114. The highest BCUT2D eigenvalue weighted by Crippen LogP contribution is 2.33. The number of aromatic nitrogens is 3. The van der Waals surface area contributed by atoms with Crippen LogP contribution >= 0.6 is 0 Å². The zero-order valence-electron chi connectivity index (χ0n) is 17.8. The van der Waals surface area contributed by atoms with Gasteiger partial charge in [0, 0.05) is 68.8 Å². The number of pyridine rings is 1. The van der Waals surface area contributed by atoms with Crippen molar-refractivity contribution in [3.63, 3.8) is 0 Å². The van der Waals surface area contributed by atoms with Gasteiger partial charge in [-0.2, -0.15) is 5.10 Å². The number of rotatable bonds is 3. The number of hydrogen-bond donors (Lipinski definition) is 2. The first-order valence-corrected chi connectivity index (χ1v) is 10.3. The SMILES string of the molecule is Cn1cc2c(n1)C[C@H]1CN(C2)C(=O)c2c(O)c(=O)c(C(=O)NCc3c(F)cc(F)cc3F)cn21. The molecule has 1 atom stereocenters. The smallest absolute Gasteiger partial charge is 0.274 e. The zero-order valence-corrected chi connectivity index (χ0v) is 17.8. The molecule has 34 heavy (non-hydrogen) atoms. The fourth-order valence-electron chi connectivity index (χ4n) is 4.48. The third kappa shape index (κ3) is 3.42. The van der Waals surface area contributed by atoms with Crippen LogP contribution in [0.1, 0.15) is 43.7 Å². The molecule has 4 heterocycles. The van der Waals surface area contributed by atoms with E-state index in [-0.39, 0.29) is 18.8 Å². The summed E-state index contributed by atoms with van der Waals surface area (Å²) in [6, 6.07) is 0.535. The number of aryl methyl sites for hydroxylation is 1. The van der Waals surface area contributed by atoms with E-state index in [0.29, 0.717) is 18.6 Å². The monoisotopic (exact) mass is 473 g/mol. The van der Waals surface area contributed by atoms with Gasteiger partial charge in [-0.15, -0.1) is 0 Å². The first kappa shape index (κ1) is 21.7. The molecule has 2 bridgehead atoms. The van der Waals surface area contributed by atoms with Crippen LogP contribution < -0.4 is 10.7 Å². The lowest BCUT2D eigenvalue weighted by molar-refractivity contribution is 0.0653. The molecule has 0 saturated carbocycles. The lowest BCUT2D eigenvalue weighted by Gasteiger charge is -2.34. The molecule has 1 aromatic carbocycles. The van der Waals surface area contributed by atoms with E-state index >= 15 is 0 Å². The molecule has 0 saturated heterocycles. The van der Waals surface area contributed by atoms with Crippen LogP contribution in [0.2, 0.25) is 0 Å². The number of halogens is 3. The standard InChI is InChI=1S/C22H18F3N5O4/c1-28-6-10-7-29-8-12(4-17(10)27-28)30-9-14(19(31)20(32)18(30)22(29)34)21(33)26-5-13-15(24)2-11(23)3-16(13)25/h2-3,6,9,12,32H,4-5,7-8H2,1H3,(H,26,33)/t12-/m0/s1. The number of carbonyl (C=O) groups is 2. The van der Waals surface area contributed by atoms with Crippen molar-refractivity contribution < 1.29 is 27.9 Å². The number of carbonyl (C=O) groups excluding carboxylic acids is 2. The minimum atomic E-state index is -1.20. The number of amides is 2. The van der Waals surface area contributed by atoms with Crippen LogP contribution in [0.25, 0.3) is 0 Å². The predicted octanol–water partition coefficient (Wildman–Crippen LogP) is 1.39. The van der Waals surface area contributed by atoms with Gasteiger partial charge in [0.15, 0.2) is 11.4 Å². The topological polar surface area (TPSA) is 109 Å². The summed E-state index contributed by atoms with van der Waals surface area (Å²) >= 11 is 0. The first-order valence-electron chi connectivity index (χ1n) is 10.3. The number of fused-ring (bicyclic) bond motifs is 5. The van der Waals surface area contributed by atoms with Crippen molar-refractivity contribution in [3.05, 3.63) is 80.3 Å². The average molecular weight is 473 g/mol. The molecule has 2 aliphatic heterocycles. The van der Waals surface area contributed by atoms with Gasteiger partial charge >= 0.3 is 0 Å². The molecule has 2 amide bonds. The Morgan fingerprint density at radius 1 is 1.21 bits per heavy atom. The van der Waals surface area contributed by atoms with Gasteiger partial charge in [-0.3, -0.25) is 19.1 Å². The van der Waals surface area contributed by atoms with Crippen molar-refractivity contribution in [2.24, 2.45) is 7.05 Å². The van der Waals surface area contributed by atoms with Crippen molar-refractivity contribution >= 4 is 11.8 Å². The van der Waals surface area contributed by atoms with Crippen LogP contribution in [0.4, 0.5) is 13.2 Å². The van der Waals surface area contributed by atoms with Crippen LogP contribution in [-0.2, 0) is 26.6 Å². The number of nitrogens with one attached hydrogen (secondary N) is 1. The Hall–Kier alpha value is -4.09. The van der Waals surface area contributed by atoms with Crippen LogP contribution in [0.15, 0.2) is 29.3 Å². The maximum absolute atomic E-state index is 13.9.